The third-order valence-electron chi connectivity index (χ3n) is 8.08. The van der Waals surface area contributed by atoms with Gasteiger partial charge in [0.05, 0.1) is 6.04 Å². The second-order valence-corrected chi connectivity index (χ2v) is 12.3. The summed E-state index contributed by atoms with van der Waals surface area (Å²) in [6.45, 7) is 3.66. The van der Waals surface area contributed by atoms with Crippen molar-refractivity contribution in [3.05, 3.63) is 78.1 Å². The average molecular weight is 496 g/mol. The Hall–Kier alpha value is -2.78. The van der Waals surface area contributed by atoms with Crippen LogP contribution in [0.3, 0.4) is 0 Å². The minimum atomic E-state index is -3.60. The quantitative estimate of drug-likeness (QED) is 0.531. The average Bonchev–Trinajstić information content (AvgIpc) is 3.44. The van der Waals surface area contributed by atoms with E-state index in [2.05, 4.69) is 19.7 Å². The Kier molecular flexibility index (Phi) is 5.64. The first-order valence-electron chi connectivity index (χ1n) is 12.3. The van der Waals surface area contributed by atoms with Gasteiger partial charge in [-0.3, -0.25) is 0 Å². The van der Waals surface area contributed by atoms with Crippen molar-refractivity contribution in [2.24, 2.45) is 11.8 Å². The van der Waals surface area contributed by atoms with Crippen molar-refractivity contribution in [3.63, 3.8) is 0 Å². The van der Waals surface area contributed by atoms with Gasteiger partial charge in [0.2, 0.25) is 10.0 Å². The molecule has 2 aliphatic heterocycles. The molecule has 1 saturated carbocycles. The molecule has 2 aromatic carbocycles. The van der Waals surface area contributed by atoms with E-state index < -0.39 is 15.3 Å². The number of aromatic nitrogens is 3. The maximum atomic E-state index is 15.4. The molecule has 0 radical (unpaired) electrons. The van der Waals surface area contributed by atoms with E-state index >= 15 is 4.39 Å². The van der Waals surface area contributed by atoms with Gasteiger partial charge in [0, 0.05) is 36.9 Å². The van der Waals surface area contributed by atoms with Crippen molar-refractivity contribution in [2.45, 2.75) is 50.1 Å². The predicted molar refractivity (Wildman–Crippen MR) is 132 cm³/mol. The van der Waals surface area contributed by atoms with Crippen LogP contribution < -0.4 is 4.90 Å². The van der Waals surface area contributed by atoms with Gasteiger partial charge in [0.25, 0.3) is 0 Å². The number of sulfonamides is 1. The zero-order chi connectivity index (χ0) is 24.2. The van der Waals surface area contributed by atoms with Gasteiger partial charge in [0.1, 0.15) is 23.7 Å². The fraction of sp³-hybridized carbons (Fsp3) is 0.462. The van der Waals surface area contributed by atoms with Crippen LogP contribution in [0, 0.1) is 17.7 Å². The molecule has 7 nitrogen and oxygen atoms in total. The SMILES string of the molecule is CC1CCC(c2ccccc2)S(=O)(=O)N1Cc1ccc(N2CC3CC3C(n3cnnc3)C2)cc1F. The number of hydrogen-bond acceptors (Lipinski definition) is 5. The van der Waals surface area contributed by atoms with E-state index in [0.717, 1.165) is 30.8 Å². The Labute approximate surface area is 205 Å². The van der Waals surface area contributed by atoms with Gasteiger partial charge in [-0.25, -0.2) is 12.8 Å². The summed E-state index contributed by atoms with van der Waals surface area (Å²) in [5.74, 6) is 0.883. The summed E-state index contributed by atoms with van der Waals surface area (Å²) >= 11 is 0. The van der Waals surface area contributed by atoms with Gasteiger partial charge in [-0.15, -0.1) is 10.2 Å². The van der Waals surface area contributed by atoms with Crippen molar-refractivity contribution in [3.8, 4) is 0 Å². The van der Waals surface area contributed by atoms with Crippen molar-refractivity contribution < 1.29 is 12.8 Å². The number of fused-ring (bicyclic) bond motifs is 1. The molecule has 3 aromatic rings. The Morgan fingerprint density at radius 3 is 2.54 bits per heavy atom. The number of rotatable bonds is 5. The lowest BCUT2D eigenvalue weighted by Crippen LogP contribution is -2.44. The predicted octanol–water partition coefficient (Wildman–Crippen LogP) is 4.17. The van der Waals surface area contributed by atoms with Crippen LogP contribution in [0.1, 0.15) is 48.6 Å². The molecular weight excluding hydrogens is 465 g/mol. The zero-order valence-electron chi connectivity index (χ0n) is 19.7. The first kappa shape index (κ1) is 22.7. The number of piperidine rings is 1. The first-order chi connectivity index (χ1) is 16.9. The summed E-state index contributed by atoms with van der Waals surface area (Å²) in [5.41, 5.74) is 2.05. The van der Waals surface area contributed by atoms with Crippen LogP contribution in [0.25, 0.3) is 0 Å². The Morgan fingerprint density at radius 1 is 1.03 bits per heavy atom. The van der Waals surface area contributed by atoms with E-state index in [0.29, 0.717) is 29.9 Å². The molecule has 0 bridgehead atoms. The maximum Gasteiger partial charge on any atom is 0.221 e. The second-order valence-electron chi connectivity index (χ2n) is 10.2. The topological polar surface area (TPSA) is 71.3 Å². The summed E-state index contributed by atoms with van der Waals surface area (Å²) in [4.78, 5) is 2.23. The van der Waals surface area contributed by atoms with E-state index in [4.69, 9.17) is 0 Å². The van der Waals surface area contributed by atoms with Crippen molar-refractivity contribution in [1.82, 2.24) is 19.1 Å². The minimum absolute atomic E-state index is 0.0486. The van der Waals surface area contributed by atoms with Gasteiger partial charge in [-0.2, -0.15) is 4.31 Å². The number of halogens is 1. The number of anilines is 1. The van der Waals surface area contributed by atoms with Crippen LogP contribution in [0.15, 0.2) is 61.2 Å². The van der Waals surface area contributed by atoms with Crippen molar-refractivity contribution in [1.29, 1.82) is 0 Å². The van der Waals surface area contributed by atoms with Crippen molar-refractivity contribution in [2.75, 3.05) is 18.0 Å². The fourth-order valence-corrected chi connectivity index (χ4v) is 8.15. The Morgan fingerprint density at radius 2 is 1.80 bits per heavy atom. The number of benzene rings is 2. The Bertz CT molecular complexity index is 1300. The lowest BCUT2D eigenvalue weighted by molar-refractivity contribution is 0.279. The van der Waals surface area contributed by atoms with Crippen LogP contribution in [0.5, 0.6) is 0 Å². The minimum Gasteiger partial charge on any atom is -0.369 e. The molecule has 184 valence electrons. The number of hydrogen-bond donors (Lipinski definition) is 0. The van der Waals surface area contributed by atoms with Crippen LogP contribution in [-0.4, -0.2) is 46.6 Å². The normalized spacial score (nSPS) is 30.1. The molecule has 0 spiro atoms. The van der Waals surface area contributed by atoms with E-state index in [1.165, 1.54) is 10.7 Å². The highest BCUT2D eigenvalue weighted by molar-refractivity contribution is 7.89. The summed E-state index contributed by atoms with van der Waals surface area (Å²) in [7, 11) is -3.60. The van der Waals surface area contributed by atoms with Crippen LogP contribution in [-0.2, 0) is 16.6 Å². The molecule has 2 saturated heterocycles. The molecule has 9 heteroatoms. The zero-order valence-corrected chi connectivity index (χ0v) is 20.6. The standard InChI is InChI=1S/C26H30FN5O2S/c1-18-7-10-26(19-5-3-2-4-6-19)35(33,34)32(18)14-20-8-9-22(12-24(20)27)30-13-21-11-23(21)25(15-30)31-16-28-29-17-31/h2-6,8-9,12,16-18,21,23,25-26H,7,10-11,13-15H2,1H3. The second kappa shape index (κ2) is 8.71. The fourth-order valence-electron chi connectivity index (χ4n) is 5.96. The summed E-state index contributed by atoms with van der Waals surface area (Å²) in [5, 5.41) is 7.32. The lowest BCUT2D eigenvalue weighted by atomic mass is 10.0. The molecule has 0 amide bonds. The van der Waals surface area contributed by atoms with E-state index in [1.807, 2.05) is 43.3 Å². The van der Waals surface area contributed by atoms with Gasteiger partial charge in [-0.05, 0) is 55.7 Å². The summed E-state index contributed by atoms with van der Waals surface area (Å²) < 4.78 is 46.0. The smallest absolute Gasteiger partial charge is 0.221 e. The third kappa shape index (κ3) is 4.14. The monoisotopic (exact) mass is 495 g/mol. The third-order valence-corrected chi connectivity index (χ3v) is 10.4. The summed E-state index contributed by atoms with van der Waals surface area (Å²) in [6, 6.07) is 14.7. The van der Waals surface area contributed by atoms with Gasteiger partial charge < -0.3 is 9.47 Å². The van der Waals surface area contributed by atoms with E-state index in [-0.39, 0.29) is 18.4 Å². The Balaban J connectivity index is 1.22. The molecule has 5 atom stereocenters. The number of nitrogens with zero attached hydrogens (tertiary/aromatic N) is 5. The van der Waals surface area contributed by atoms with E-state index in [1.54, 1.807) is 24.8 Å². The van der Waals surface area contributed by atoms with Crippen LogP contribution >= 0.6 is 0 Å². The molecule has 3 fully saturated rings. The highest BCUT2D eigenvalue weighted by Crippen LogP contribution is 2.51. The molecule has 3 aliphatic rings. The molecule has 35 heavy (non-hydrogen) atoms. The highest BCUT2D eigenvalue weighted by Gasteiger charge is 2.49. The molecule has 3 heterocycles. The summed E-state index contributed by atoms with van der Waals surface area (Å²) in [6.07, 6.45) is 6.02. The van der Waals surface area contributed by atoms with Crippen molar-refractivity contribution >= 4 is 15.7 Å². The molecule has 0 N–H and O–H groups in total. The van der Waals surface area contributed by atoms with Gasteiger partial charge in [-0.1, -0.05) is 36.4 Å². The maximum absolute atomic E-state index is 15.4. The molecule has 6 rings (SSSR count). The van der Waals surface area contributed by atoms with Crippen LogP contribution in [0.2, 0.25) is 0 Å². The molecular formula is C26H30FN5O2S. The molecule has 5 unspecified atom stereocenters. The van der Waals surface area contributed by atoms with E-state index in [9.17, 15) is 8.42 Å². The van der Waals surface area contributed by atoms with Gasteiger partial charge >= 0.3 is 0 Å². The lowest BCUT2D eigenvalue weighted by Gasteiger charge is -2.38. The molecule has 1 aliphatic carbocycles. The van der Waals surface area contributed by atoms with Gasteiger partial charge in [0.15, 0.2) is 0 Å². The van der Waals surface area contributed by atoms with Crippen LogP contribution in [0.4, 0.5) is 10.1 Å². The largest absolute Gasteiger partial charge is 0.369 e. The molecule has 1 aromatic heterocycles. The first-order valence-corrected chi connectivity index (χ1v) is 13.8. The highest BCUT2D eigenvalue weighted by atomic mass is 32.2.